The van der Waals surface area contributed by atoms with E-state index in [-0.39, 0.29) is 35.3 Å². The summed E-state index contributed by atoms with van der Waals surface area (Å²) in [4.78, 5) is 24.4. The van der Waals surface area contributed by atoms with E-state index in [1.165, 1.54) is 19.1 Å². The summed E-state index contributed by atoms with van der Waals surface area (Å²) in [6, 6.07) is 6.80. The number of ether oxygens (including phenoxy) is 2. The molecular weight excluding hydrogens is 555 g/mol. The number of anilines is 2. The number of aromatic nitrogens is 4. The zero-order valence-corrected chi connectivity index (χ0v) is 22.8. The molecule has 0 saturated carbocycles. The normalized spacial score (nSPS) is 24.9. The first-order chi connectivity index (χ1) is 19.0. The second kappa shape index (κ2) is 12.0. The van der Waals surface area contributed by atoms with Gasteiger partial charge in [-0.25, -0.2) is 18.3 Å². The Morgan fingerprint density at radius 3 is 2.73 bits per heavy atom. The van der Waals surface area contributed by atoms with Gasteiger partial charge < -0.3 is 30.2 Å². The molecule has 0 unspecified atom stereocenters. The van der Waals surface area contributed by atoms with Crippen molar-refractivity contribution in [2.24, 2.45) is 0 Å². The molecule has 3 aromatic rings. The Bertz CT molecular complexity index is 1380. The molecule has 6 atom stereocenters. The van der Waals surface area contributed by atoms with Crippen LogP contribution in [0.4, 0.5) is 20.5 Å². The Morgan fingerprint density at radius 2 is 2.08 bits per heavy atom. The predicted molar refractivity (Wildman–Crippen MR) is 139 cm³/mol. The van der Waals surface area contributed by atoms with Crippen LogP contribution in [0.1, 0.15) is 20.1 Å². The average Bonchev–Trinajstić information content (AvgIpc) is 3.46. The number of nitrogens with one attached hydrogen (secondary N) is 2. The molecule has 17 heteroatoms. The number of halogens is 2. The number of hydrogen-bond acceptors (Lipinski definition) is 12. The third kappa shape index (κ3) is 5.86. The summed E-state index contributed by atoms with van der Waals surface area (Å²) < 4.78 is 66.5. The highest BCUT2D eigenvalue weighted by molar-refractivity contribution is 7.52. The lowest BCUT2D eigenvalue weighted by Crippen LogP contribution is -2.45. The number of rotatable bonds is 12. The van der Waals surface area contributed by atoms with Crippen LogP contribution < -0.4 is 20.7 Å². The quantitative estimate of drug-likeness (QED) is 0.179. The zero-order valence-electron chi connectivity index (χ0n) is 21.9. The minimum atomic E-state index is -4.36. The summed E-state index contributed by atoms with van der Waals surface area (Å²) in [5.74, 6) is -0.520. The fraction of sp³-hybridized carbons (Fsp3) is 0.478. The van der Waals surface area contributed by atoms with Gasteiger partial charge in [0.1, 0.15) is 30.7 Å². The minimum absolute atomic E-state index is 0.0223. The summed E-state index contributed by atoms with van der Waals surface area (Å²) in [6.45, 7) is 0.697. The number of esters is 1. The van der Waals surface area contributed by atoms with Gasteiger partial charge in [0.05, 0.1) is 19.5 Å². The van der Waals surface area contributed by atoms with Crippen LogP contribution in [0.3, 0.4) is 0 Å². The number of para-hydroxylation sites is 1. The van der Waals surface area contributed by atoms with Gasteiger partial charge in [0, 0.05) is 7.05 Å². The number of nitrogens with zero attached hydrogens (tertiary/aromatic N) is 4. The number of nitrogen functional groups attached to an aromatic ring is 1. The first-order valence-electron chi connectivity index (χ1n) is 12.2. The van der Waals surface area contributed by atoms with Gasteiger partial charge in [0.2, 0.25) is 11.6 Å². The van der Waals surface area contributed by atoms with E-state index >= 15 is 4.39 Å². The van der Waals surface area contributed by atoms with Gasteiger partial charge in [-0.1, -0.05) is 18.2 Å². The Kier molecular flexibility index (Phi) is 8.85. The van der Waals surface area contributed by atoms with Crippen molar-refractivity contribution in [1.82, 2.24) is 24.6 Å². The Hall–Kier alpha value is -3.43. The summed E-state index contributed by atoms with van der Waals surface area (Å²) in [7, 11) is -2.80. The maximum absolute atomic E-state index is 16.0. The van der Waals surface area contributed by atoms with Gasteiger partial charge in [-0.3, -0.25) is 13.9 Å². The number of alkyl halides is 2. The van der Waals surface area contributed by atoms with E-state index in [0.717, 1.165) is 10.9 Å². The predicted octanol–water partition coefficient (Wildman–Crippen LogP) is 2.13. The standard InChI is InChI=1S/C23H30F2N7O7P/c1-4-36-20(34)13(2)31-40(35,39-14-8-6-5-7-9-14)37-10-15-17(33)23(25,11-24)21(38-15)32-12-28-16-18(27-3)29-22(26)30-19(16)32/h5-9,12-13,15,17,21,33H,4,10-11H2,1-3H3,(H,31,35)(H3,26,27,29,30)/t13-,15+,17+,21+,23+,40-/m0/s1. The molecule has 218 valence electrons. The Labute approximate surface area is 227 Å². The monoisotopic (exact) mass is 585 g/mol. The first-order valence-corrected chi connectivity index (χ1v) is 13.8. The van der Waals surface area contributed by atoms with Crippen LogP contribution in [0.15, 0.2) is 36.7 Å². The molecule has 14 nitrogen and oxygen atoms in total. The Morgan fingerprint density at radius 1 is 1.35 bits per heavy atom. The minimum Gasteiger partial charge on any atom is -0.465 e. The highest BCUT2D eigenvalue weighted by Gasteiger charge is 2.59. The van der Waals surface area contributed by atoms with E-state index < -0.39 is 57.1 Å². The van der Waals surface area contributed by atoms with Crippen LogP contribution in [0.25, 0.3) is 11.2 Å². The Balaban J connectivity index is 1.59. The molecule has 0 spiro atoms. The topological polar surface area (TPSA) is 185 Å². The highest BCUT2D eigenvalue weighted by Crippen LogP contribution is 2.48. The molecule has 0 amide bonds. The molecule has 4 rings (SSSR count). The van der Waals surface area contributed by atoms with E-state index in [1.54, 1.807) is 32.2 Å². The molecule has 2 aromatic heterocycles. The molecule has 5 N–H and O–H groups in total. The molecule has 0 bridgehead atoms. The molecule has 40 heavy (non-hydrogen) atoms. The maximum atomic E-state index is 16.0. The number of nitrogens with two attached hydrogens (primary N) is 1. The summed E-state index contributed by atoms with van der Waals surface area (Å²) in [5.41, 5.74) is 3.00. The lowest BCUT2D eigenvalue weighted by Gasteiger charge is -2.26. The number of hydrogen-bond donors (Lipinski definition) is 4. The average molecular weight is 586 g/mol. The van der Waals surface area contributed by atoms with Crippen LogP contribution in [-0.2, 0) is 23.4 Å². The van der Waals surface area contributed by atoms with Gasteiger partial charge in [-0.15, -0.1) is 0 Å². The van der Waals surface area contributed by atoms with Crippen molar-refractivity contribution in [2.75, 3.05) is 38.0 Å². The van der Waals surface area contributed by atoms with Crippen molar-refractivity contribution in [3.8, 4) is 5.75 Å². The number of aliphatic hydroxyl groups is 1. The van der Waals surface area contributed by atoms with Crippen molar-refractivity contribution in [2.45, 2.75) is 44.0 Å². The molecule has 1 aromatic carbocycles. The number of carbonyl (C=O) groups is 1. The van der Waals surface area contributed by atoms with Gasteiger partial charge in [0.25, 0.3) is 0 Å². The highest BCUT2D eigenvalue weighted by atomic mass is 31.2. The van der Waals surface area contributed by atoms with E-state index in [0.29, 0.717) is 0 Å². The molecule has 0 radical (unpaired) electrons. The third-order valence-electron chi connectivity index (χ3n) is 6.06. The van der Waals surface area contributed by atoms with Crippen LogP contribution in [0.2, 0.25) is 0 Å². The fourth-order valence-electron chi connectivity index (χ4n) is 4.10. The van der Waals surface area contributed by atoms with Gasteiger partial charge in [0.15, 0.2) is 23.2 Å². The number of carbonyl (C=O) groups excluding carboxylic acids is 1. The lowest BCUT2D eigenvalue weighted by molar-refractivity contribution is -0.144. The van der Waals surface area contributed by atoms with Crippen LogP contribution in [-0.4, -0.2) is 81.4 Å². The number of imidazole rings is 1. The van der Waals surface area contributed by atoms with Gasteiger partial charge in [-0.05, 0) is 26.0 Å². The van der Waals surface area contributed by atoms with E-state index in [9.17, 15) is 18.9 Å². The second-order valence-electron chi connectivity index (χ2n) is 8.84. The van der Waals surface area contributed by atoms with Crippen molar-refractivity contribution in [1.29, 1.82) is 0 Å². The summed E-state index contributed by atoms with van der Waals surface area (Å²) in [5, 5.41) is 16.0. The summed E-state index contributed by atoms with van der Waals surface area (Å²) in [6.07, 6.45) is -4.21. The number of fused-ring (bicyclic) bond motifs is 1. The molecule has 3 heterocycles. The molecule has 1 aliphatic rings. The fourth-order valence-corrected chi connectivity index (χ4v) is 5.60. The van der Waals surface area contributed by atoms with Crippen molar-refractivity contribution < 1.29 is 41.8 Å². The molecule has 1 aliphatic heterocycles. The van der Waals surface area contributed by atoms with E-state index in [2.05, 4.69) is 25.4 Å². The van der Waals surface area contributed by atoms with Crippen molar-refractivity contribution in [3.63, 3.8) is 0 Å². The van der Waals surface area contributed by atoms with Crippen molar-refractivity contribution in [3.05, 3.63) is 36.7 Å². The second-order valence-corrected chi connectivity index (χ2v) is 10.5. The summed E-state index contributed by atoms with van der Waals surface area (Å²) >= 11 is 0. The number of benzene rings is 1. The van der Waals surface area contributed by atoms with Crippen LogP contribution >= 0.6 is 7.75 Å². The molecule has 1 fully saturated rings. The van der Waals surface area contributed by atoms with Crippen molar-refractivity contribution >= 4 is 36.6 Å². The third-order valence-corrected chi connectivity index (χ3v) is 7.70. The smallest absolute Gasteiger partial charge is 0.459 e. The van der Waals surface area contributed by atoms with Crippen LogP contribution in [0.5, 0.6) is 5.75 Å². The number of aliphatic hydroxyl groups excluding tert-OH is 1. The first kappa shape index (κ1) is 29.6. The largest absolute Gasteiger partial charge is 0.465 e. The zero-order chi connectivity index (χ0) is 29.1. The van der Waals surface area contributed by atoms with Gasteiger partial charge in [-0.2, -0.15) is 15.1 Å². The van der Waals surface area contributed by atoms with E-state index in [1.807, 2.05) is 0 Å². The van der Waals surface area contributed by atoms with E-state index in [4.69, 9.17) is 24.3 Å². The van der Waals surface area contributed by atoms with Crippen LogP contribution in [0, 0.1) is 0 Å². The maximum Gasteiger partial charge on any atom is 0.459 e. The molecular formula is C23H30F2N7O7P. The van der Waals surface area contributed by atoms with Gasteiger partial charge >= 0.3 is 13.7 Å². The SMILES string of the molecule is CCOC(=O)[C@H](C)N[P@](=O)(OC[C@H]1O[C@@H](n2cnc3c(NC)nc(N)nc32)[C@@](F)(CF)[C@@H]1O)Oc1ccccc1. The molecule has 0 aliphatic carbocycles. The molecule has 1 saturated heterocycles. The lowest BCUT2D eigenvalue weighted by atomic mass is 9.97.